The molecule has 0 fully saturated rings. The standard InChI is InChI=1S/C24H32N2O8P2/c1-5-30-35(28,31-6-2)24(36(29,32-7-3)33-8-4)18-21(25-26-24)23(27)20-16-12-13-17-22(20)34-19-14-10-9-11-15-19/h9-17,26H,5-8,18H2,1-4H3. The van der Waals surface area contributed by atoms with Gasteiger partial charge in [0.2, 0.25) is 5.78 Å². The lowest BCUT2D eigenvalue weighted by Gasteiger charge is -2.38. The monoisotopic (exact) mass is 538 g/mol. The molecule has 0 saturated heterocycles. The number of nitrogens with zero attached hydrogens (tertiary/aromatic N) is 1. The van der Waals surface area contributed by atoms with E-state index in [4.69, 9.17) is 22.8 Å². The average Bonchev–Trinajstić information content (AvgIpc) is 3.33. The van der Waals surface area contributed by atoms with Crippen molar-refractivity contribution in [3.05, 3.63) is 60.2 Å². The quantitative estimate of drug-likeness (QED) is 0.221. The van der Waals surface area contributed by atoms with Gasteiger partial charge in [-0.2, -0.15) is 5.10 Å². The zero-order valence-electron chi connectivity index (χ0n) is 20.8. The smallest absolute Gasteiger partial charge is 0.370 e. The molecule has 0 unspecified atom stereocenters. The molecule has 2 aromatic rings. The summed E-state index contributed by atoms with van der Waals surface area (Å²) < 4.78 is 56.4. The summed E-state index contributed by atoms with van der Waals surface area (Å²) in [6.45, 7) is 6.50. The van der Waals surface area contributed by atoms with Crippen LogP contribution in [0, 0.1) is 0 Å². The average molecular weight is 538 g/mol. The SMILES string of the molecule is CCOP(=O)(OCC)C1(P(=O)(OCC)OCC)CC(C(=O)c2ccccc2Oc2ccccc2)=NN1. The molecule has 0 aromatic heterocycles. The number of nitrogens with one attached hydrogen (secondary N) is 1. The second-order valence-corrected chi connectivity index (χ2v) is 12.5. The molecule has 36 heavy (non-hydrogen) atoms. The van der Waals surface area contributed by atoms with Gasteiger partial charge in [-0.05, 0) is 52.0 Å². The molecule has 196 valence electrons. The highest BCUT2D eigenvalue weighted by molar-refractivity contribution is 7.74. The number of hydrogen-bond donors (Lipinski definition) is 1. The van der Waals surface area contributed by atoms with Gasteiger partial charge in [-0.15, -0.1) is 0 Å². The number of hydrazone groups is 1. The van der Waals surface area contributed by atoms with E-state index in [9.17, 15) is 13.9 Å². The lowest BCUT2D eigenvalue weighted by molar-refractivity contribution is 0.106. The lowest BCUT2D eigenvalue weighted by atomic mass is 10.0. The zero-order valence-corrected chi connectivity index (χ0v) is 22.6. The minimum Gasteiger partial charge on any atom is -0.457 e. The molecule has 1 aliphatic heterocycles. The molecule has 0 bridgehead atoms. The van der Waals surface area contributed by atoms with Crippen LogP contribution in [0.25, 0.3) is 0 Å². The van der Waals surface area contributed by atoms with Gasteiger partial charge in [0, 0.05) is 6.42 Å². The topological polar surface area (TPSA) is 122 Å². The van der Waals surface area contributed by atoms with Crippen molar-refractivity contribution in [3.63, 3.8) is 0 Å². The molecule has 12 heteroatoms. The van der Waals surface area contributed by atoms with Crippen LogP contribution < -0.4 is 10.2 Å². The summed E-state index contributed by atoms with van der Waals surface area (Å²) in [5, 5.41) is 2.13. The molecule has 0 amide bonds. The summed E-state index contributed by atoms with van der Waals surface area (Å²) in [4.78, 5) is 13.6. The van der Waals surface area contributed by atoms with Crippen LogP contribution in [0.3, 0.4) is 0 Å². The third-order valence-electron chi connectivity index (χ3n) is 5.25. The molecule has 0 saturated carbocycles. The van der Waals surface area contributed by atoms with Gasteiger partial charge < -0.3 is 22.8 Å². The molecule has 0 spiro atoms. The predicted molar refractivity (Wildman–Crippen MR) is 137 cm³/mol. The third kappa shape index (κ3) is 5.49. The Bertz CT molecular complexity index is 1120. The molecule has 1 heterocycles. The van der Waals surface area contributed by atoms with Gasteiger partial charge in [-0.1, -0.05) is 30.3 Å². The van der Waals surface area contributed by atoms with Crippen molar-refractivity contribution >= 4 is 26.7 Å². The van der Waals surface area contributed by atoms with E-state index >= 15 is 0 Å². The van der Waals surface area contributed by atoms with Gasteiger partial charge in [0.05, 0.1) is 32.0 Å². The van der Waals surface area contributed by atoms with E-state index in [0.29, 0.717) is 11.5 Å². The third-order valence-corrected chi connectivity index (χ3v) is 11.4. The highest BCUT2D eigenvalue weighted by Crippen LogP contribution is 2.78. The number of para-hydroxylation sites is 2. The Hall–Kier alpha value is -2.32. The number of benzene rings is 2. The predicted octanol–water partition coefficient (Wildman–Crippen LogP) is 6.20. The highest BCUT2D eigenvalue weighted by atomic mass is 31.2. The molecule has 0 radical (unpaired) electrons. The van der Waals surface area contributed by atoms with Crippen LogP contribution >= 0.6 is 15.2 Å². The Labute approximate surface area is 211 Å². The number of rotatable bonds is 14. The first-order valence-corrected chi connectivity index (χ1v) is 14.9. The van der Waals surface area contributed by atoms with E-state index < -0.39 is 26.0 Å². The minimum atomic E-state index is -4.24. The Balaban J connectivity index is 2.03. The summed E-state index contributed by atoms with van der Waals surface area (Å²) in [6, 6.07) is 15.7. The van der Waals surface area contributed by atoms with E-state index in [2.05, 4.69) is 10.5 Å². The fourth-order valence-electron chi connectivity index (χ4n) is 3.76. The van der Waals surface area contributed by atoms with Gasteiger partial charge in [0.1, 0.15) is 17.2 Å². The van der Waals surface area contributed by atoms with Crippen molar-refractivity contribution in [2.45, 2.75) is 39.1 Å². The largest absolute Gasteiger partial charge is 0.457 e. The fourth-order valence-corrected chi connectivity index (χ4v) is 9.05. The number of carbonyl (C=O) groups excluding carboxylic acids is 1. The maximum absolute atomic E-state index is 14.1. The van der Waals surface area contributed by atoms with E-state index in [-0.39, 0.29) is 44.1 Å². The van der Waals surface area contributed by atoms with Gasteiger partial charge in [0.25, 0.3) is 5.02 Å². The fraction of sp³-hybridized carbons (Fsp3) is 0.417. The molecule has 0 atom stereocenters. The molecule has 1 N–H and O–H groups in total. The van der Waals surface area contributed by atoms with Gasteiger partial charge in [0.15, 0.2) is 0 Å². The maximum atomic E-state index is 14.1. The zero-order chi connectivity index (χ0) is 26.2. The molecule has 0 aliphatic carbocycles. The van der Waals surface area contributed by atoms with Crippen LogP contribution in [0.1, 0.15) is 44.5 Å². The van der Waals surface area contributed by atoms with Gasteiger partial charge in [-0.3, -0.25) is 19.4 Å². The molecule has 1 aliphatic rings. The highest BCUT2D eigenvalue weighted by Gasteiger charge is 2.68. The lowest BCUT2D eigenvalue weighted by Crippen LogP contribution is -2.42. The van der Waals surface area contributed by atoms with Gasteiger partial charge >= 0.3 is 15.2 Å². The summed E-state index contributed by atoms with van der Waals surface area (Å²) >= 11 is 0. The second-order valence-electron chi connectivity index (χ2n) is 7.57. The first kappa shape index (κ1) is 28.3. The van der Waals surface area contributed by atoms with Crippen LogP contribution in [0.5, 0.6) is 11.5 Å². The van der Waals surface area contributed by atoms with Crippen molar-refractivity contribution in [2.24, 2.45) is 5.10 Å². The van der Waals surface area contributed by atoms with E-state index in [1.54, 1.807) is 64.1 Å². The summed E-state index contributed by atoms with van der Waals surface area (Å²) in [5.41, 5.74) is 2.84. The molecular weight excluding hydrogens is 506 g/mol. The number of carbonyl (C=O) groups is 1. The van der Waals surface area contributed by atoms with Crippen LogP contribution in [-0.2, 0) is 27.2 Å². The minimum absolute atomic E-state index is 0.00398. The number of ketones is 1. The summed E-state index contributed by atoms with van der Waals surface area (Å²) in [7, 11) is -8.47. The van der Waals surface area contributed by atoms with E-state index in [0.717, 1.165) is 0 Å². The van der Waals surface area contributed by atoms with Crippen molar-refractivity contribution in [1.82, 2.24) is 5.43 Å². The summed E-state index contributed by atoms with van der Waals surface area (Å²) in [6.07, 6.45) is -0.375. The van der Waals surface area contributed by atoms with Crippen molar-refractivity contribution in [2.75, 3.05) is 26.4 Å². The first-order chi connectivity index (χ1) is 17.3. The molecule has 2 aromatic carbocycles. The Morgan fingerprint density at radius 2 is 1.33 bits per heavy atom. The number of hydrogen-bond acceptors (Lipinski definition) is 10. The van der Waals surface area contributed by atoms with Crippen LogP contribution in [0.4, 0.5) is 0 Å². The van der Waals surface area contributed by atoms with Crippen LogP contribution in [0.2, 0.25) is 0 Å². The Morgan fingerprint density at radius 3 is 1.86 bits per heavy atom. The van der Waals surface area contributed by atoms with E-state index in [1.165, 1.54) is 0 Å². The Morgan fingerprint density at radius 1 is 0.833 bits per heavy atom. The van der Waals surface area contributed by atoms with Crippen molar-refractivity contribution in [1.29, 1.82) is 0 Å². The van der Waals surface area contributed by atoms with Crippen LogP contribution in [0.15, 0.2) is 59.7 Å². The number of Topliss-reactive ketones (excluding diaryl/α,β-unsaturated/α-hetero) is 1. The van der Waals surface area contributed by atoms with Crippen molar-refractivity contribution < 1.29 is 36.8 Å². The normalized spacial score (nSPS) is 15.3. The van der Waals surface area contributed by atoms with Gasteiger partial charge in [-0.25, -0.2) is 0 Å². The van der Waals surface area contributed by atoms with Crippen LogP contribution in [-0.4, -0.2) is 42.9 Å². The number of ether oxygens (including phenoxy) is 1. The molecule has 3 rings (SSSR count). The molecular formula is C24H32N2O8P2. The second kappa shape index (κ2) is 12.3. The first-order valence-electron chi connectivity index (χ1n) is 11.8. The summed E-state index contributed by atoms with van der Waals surface area (Å²) in [5.74, 6) is 0.354. The van der Waals surface area contributed by atoms with Crippen molar-refractivity contribution in [3.8, 4) is 11.5 Å². The maximum Gasteiger partial charge on any atom is 0.370 e. The van der Waals surface area contributed by atoms with E-state index in [1.807, 2.05) is 18.2 Å². The Kier molecular flexibility index (Phi) is 9.64. The molecule has 10 nitrogen and oxygen atoms in total.